The first kappa shape index (κ1) is 16.2. The molecule has 0 spiro atoms. The van der Waals surface area contributed by atoms with E-state index in [9.17, 15) is 9.18 Å². The third-order valence-corrected chi connectivity index (χ3v) is 3.30. The number of carbonyl (C=O) groups excluding carboxylic acids is 1. The van der Waals surface area contributed by atoms with Crippen molar-refractivity contribution in [2.45, 2.75) is 0 Å². The van der Waals surface area contributed by atoms with Gasteiger partial charge >= 0.3 is 0 Å². The Labute approximate surface area is 123 Å². The minimum absolute atomic E-state index is 0. The van der Waals surface area contributed by atoms with Crippen LogP contribution in [0.5, 0.6) is 0 Å². The van der Waals surface area contributed by atoms with Gasteiger partial charge in [0.2, 0.25) is 0 Å². The van der Waals surface area contributed by atoms with Crippen LogP contribution in [0.1, 0.15) is 10.4 Å². The van der Waals surface area contributed by atoms with E-state index in [1.54, 1.807) is 17.0 Å². The molecule has 0 saturated carbocycles. The Bertz CT molecular complexity index is 423. The molecule has 2 rings (SSSR count). The molecule has 1 aromatic carbocycles. The summed E-state index contributed by atoms with van der Waals surface area (Å²) >= 11 is 5.68. The van der Waals surface area contributed by atoms with Crippen LogP contribution in [0.25, 0.3) is 0 Å². The third-order valence-electron chi connectivity index (χ3n) is 3.13. The van der Waals surface area contributed by atoms with Crippen LogP contribution in [0.3, 0.4) is 0 Å². The lowest BCUT2D eigenvalue weighted by molar-refractivity contribution is 0.0644. The van der Waals surface area contributed by atoms with E-state index in [-0.39, 0.29) is 24.1 Å². The van der Waals surface area contributed by atoms with Gasteiger partial charge in [0.1, 0.15) is 5.82 Å². The predicted molar refractivity (Wildman–Crippen MR) is 76.7 cm³/mol. The van der Waals surface area contributed by atoms with E-state index in [4.69, 9.17) is 11.6 Å². The zero-order chi connectivity index (χ0) is 13.0. The van der Waals surface area contributed by atoms with E-state index in [1.807, 2.05) is 0 Å². The van der Waals surface area contributed by atoms with Crippen molar-refractivity contribution in [2.75, 3.05) is 38.6 Å². The largest absolute Gasteiger partial charge is 0.336 e. The summed E-state index contributed by atoms with van der Waals surface area (Å²) in [6.07, 6.45) is 0. The van der Waals surface area contributed by atoms with Gasteiger partial charge in [-0.15, -0.1) is 24.0 Å². The Morgan fingerprint density at radius 2 is 1.95 bits per heavy atom. The molecule has 1 fully saturated rings. The number of alkyl halides is 1. The van der Waals surface area contributed by atoms with Gasteiger partial charge in [0.15, 0.2) is 0 Å². The molecule has 0 aromatic heterocycles. The van der Waals surface area contributed by atoms with Crippen LogP contribution in [0, 0.1) is 5.82 Å². The quantitative estimate of drug-likeness (QED) is 0.800. The van der Waals surface area contributed by atoms with Gasteiger partial charge in [-0.25, -0.2) is 4.39 Å². The number of benzene rings is 1. The summed E-state index contributed by atoms with van der Waals surface area (Å²) in [5, 5.41) is 0. The maximum Gasteiger partial charge on any atom is 0.254 e. The van der Waals surface area contributed by atoms with Gasteiger partial charge in [0.25, 0.3) is 5.91 Å². The number of amides is 1. The number of carbonyl (C=O) groups is 1. The van der Waals surface area contributed by atoms with Crippen LogP contribution in [0.15, 0.2) is 24.3 Å². The van der Waals surface area contributed by atoms with Crippen LogP contribution in [-0.2, 0) is 0 Å². The van der Waals surface area contributed by atoms with E-state index < -0.39 is 0 Å². The molecule has 0 radical (unpaired) electrons. The van der Waals surface area contributed by atoms with Gasteiger partial charge in [0.05, 0.1) is 0 Å². The average Bonchev–Trinajstić information content (AvgIpc) is 2.39. The van der Waals surface area contributed by atoms with Crippen molar-refractivity contribution >= 4 is 29.9 Å². The summed E-state index contributed by atoms with van der Waals surface area (Å²) in [5.74, 6) is 0.138. The van der Waals surface area contributed by atoms with E-state index in [2.05, 4.69) is 4.90 Å². The first-order valence-electron chi connectivity index (χ1n) is 6.04. The van der Waals surface area contributed by atoms with E-state index >= 15 is 0 Å². The zero-order valence-corrected chi connectivity index (χ0v) is 12.1. The van der Waals surface area contributed by atoms with Crippen LogP contribution in [0.4, 0.5) is 4.39 Å². The molecule has 1 aliphatic rings. The number of rotatable bonds is 3. The second kappa shape index (κ2) is 7.68. The molecule has 19 heavy (non-hydrogen) atoms. The van der Waals surface area contributed by atoms with Gasteiger partial charge in [0, 0.05) is 44.2 Å². The zero-order valence-electron chi connectivity index (χ0n) is 10.5. The molecule has 0 aliphatic carbocycles. The molecule has 1 saturated heterocycles. The Kier molecular flexibility index (Phi) is 6.55. The van der Waals surface area contributed by atoms with Crippen molar-refractivity contribution in [3.05, 3.63) is 35.6 Å². The Balaban J connectivity index is 0.00000180. The van der Waals surface area contributed by atoms with Crippen molar-refractivity contribution in [3.63, 3.8) is 0 Å². The highest BCUT2D eigenvalue weighted by Crippen LogP contribution is 2.10. The van der Waals surface area contributed by atoms with Crippen molar-refractivity contribution in [1.29, 1.82) is 0 Å². The molecule has 0 N–H and O–H groups in total. The fourth-order valence-corrected chi connectivity index (χ4v) is 2.34. The maximum atomic E-state index is 13.1. The highest BCUT2D eigenvalue weighted by atomic mass is 35.5. The monoisotopic (exact) mass is 306 g/mol. The molecule has 0 atom stereocenters. The highest BCUT2D eigenvalue weighted by molar-refractivity contribution is 6.18. The molecule has 6 heteroatoms. The molecular formula is C13H17Cl2FN2O. The smallest absolute Gasteiger partial charge is 0.254 e. The van der Waals surface area contributed by atoms with Crippen LogP contribution < -0.4 is 0 Å². The fourth-order valence-electron chi connectivity index (χ4n) is 2.10. The molecular weight excluding hydrogens is 290 g/mol. The van der Waals surface area contributed by atoms with Crippen LogP contribution >= 0.6 is 24.0 Å². The lowest BCUT2D eigenvalue weighted by Crippen LogP contribution is -2.49. The molecule has 3 nitrogen and oxygen atoms in total. The molecule has 106 valence electrons. The summed E-state index contributed by atoms with van der Waals surface area (Å²) in [6.45, 7) is 3.85. The van der Waals surface area contributed by atoms with Gasteiger partial charge in [-0.05, 0) is 18.2 Å². The summed E-state index contributed by atoms with van der Waals surface area (Å²) in [4.78, 5) is 16.1. The minimum atomic E-state index is -0.373. The lowest BCUT2D eigenvalue weighted by Gasteiger charge is -2.34. The fraction of sp³-hybridized carbons (Fsp3) is 0.462. The number of halogens is 3. The second-order valence-electron chi connectivity index (χ2n) is 4.33. The van der Waals surface area contributed by atoms with Crippen molar-refractivity contribution in [3.8, 4) is 0 Å². The Morgan fingerprint density at radius 1 is 1.26 bits per heavy atom. The van der Waals surface area contributed by atoms with Crippen molar-refractivity contribution < 1.29 is 9.18 Å². The third kappa shape index (κ3) is 4.34. The summed E-state index contributed by atoms with van der Waals surface area (Å²) < 4.78 is 13.1. The van der Waals surface area contributed by atoms with Crippen molar-refractivity contribution in [1.82, 2.24) is 9.80 Å². The van der Waals surface area contributed by atoms with Gasteiger partial charge < -0.3 is 4.90 Å². The standard InChI is InChI=1S/C13H16ClFN2O.ClH/c14-4-5-16-6-8-17(9-7-16)13(18)11-2-1-3-12(15)10-11;/h1-3,10H,4-9H2;1H. The van der Waals surface area contributed by atoms with E-state index in [1.165, 1.54) is 12.1 Å². The topological polar surface area (TPSA) is 23.6 Å². The molecule has 1 aromatic rings. The van der Waals surface area contributed by atoms with Gasteiger partial charge in [-0.2, -0.15) is 0 Å². The normalized spacial score (nSPS) is 16.0. The maximum absolute atomic E-state index is 13.1. The number of hydrogen-bond acceptors (Lipinski definition) is 2. The van der Waals surface area contributed by atoms with E-state index in [0.717, 1.165) is 19.6 Å². The number of nitrogens with zero attached hydrogens (tertiary/aromatic N) is 2. The first-order valence-corrected chi connectivity index (χ1v) is 6.57. The molecule has 1 amide bonds. The summed E-state index contributed by atoms with van der Waals surface area (Å²) in [6, 6.07) is 5.84. The number of hydrogen-bond donors (Lipinski definition) is 0. The van der Waals surface area contributed by atoms with Crippen LogP contribution in [-0.4, -0.2) is 54.3 Å². The summed E-state index contributed by atoms with van der Waals surface area (Å²) in [7, 11) is 0. The summed E-state index contributed by atoms with van der Waals surface area (Å²) in [5.41, 5.74) is 0.417. The molecule has 1 aliphatic heterocycles. The van der Waals surface area contributed by atoms with Gasteiger partial charge in [-0.3, -0.25) is 9.69 Å². The number of piperazine rings is 1. The Morgan fingerprint density at radius 3 is 2.53 bits per heavy atom. The average molecular weight is 307 g/mol. The predicted octanol–water partition coefficient (Wildman–Crippen LogP) is 2.24. The molecule has 0 unspecified atom stereocenters. The van der Waals surface area contributed by atoms with Crippen LogP contribution in [0.2, 0.25) is 0 Å². The van der Waals surface area contributed by atoms with Crippen molar-refractivity contribution in [2.24, 2.45) is 0 Å². The molecule has 0 bridgehead atoms. The highest BCUT2D eigenvalue weighted by Gasteiger charge is 2.21. The molecule has 1 heterocycles. The Hall–Kier alpha value is -0.840. The van der Waals surface area contributed by atoms with Gasteiger partial charge in [-0.1, -0.05) is 6.07 Å². The lowest BCUT2D eigenvalue weighted by atomic mass is 10.2. The first-order chi connectivity index (χ1) is 8.70. The SMILES string of the molecule is Cl.O=C(c1cccc(F)c1)N1CCN(CCCl)CC1. The second-order valence-corrected chi connectivity index (χ2v) is 4.71. The minimum Gasteiger partial charge on any atom is -0.336 e. The van der Waals surface area contributed by atoms with E-state index in [0.29, 0.717) is 24.5 Å².